The summed E-state index contributed by atoms with van der Waals surface area (Å²) in [4.78, 5) is 25.2. The van der Waals surface area contributed by atoms with Gasteiger partial charge in [0.15, 0.2) is 0 Å². The first-order valence-electron chi connectivity index (χ1n) is 6.14. The number of hydrogen-bond donors (Lipinski definition) is 2. The molecule has 5 nitrogen and oxygen atoms in total. The number of phenolic OH excluding ortho intramolecular Hbond substituents is 1. The zero-order valence-electron chi connectivity index (χ0n) is 11.7. The number of nitrogens with one attached hydrogen (secondary N) is 1. The fraction of sp³-hybridized carbons (Fsp3) is 0.429. The van der Waals surface area contributed by atoms with Gasteiger partial charge in [0.05, 0.1) is 5.92 Å². The van der Waals surface area contributed by atoms with Crippen LogP contribution in [0.5, 0.6) is 5.75 Å². The van der Waals surface area contributed by atoms with Gasteiger partial charge >= 0.3 is 0 Å². The maximum atomic E-state index is 12.2. The summed E-state index contributed by atoms with van der Waals surface area (Å²) in [7, 11) is 3.21. The van der Waals surface area contributed by atoms with Crippen molar-refractivity contribution in [2.75, 3.05) is 20.6 Å². The molecule has 1 aromatic carbocycles. The summed E-state index contributed by atoms with van der Waals surface area (Å²) >= 11 is 0. The average molecular weight is 264 g/mol. The first kappa shape index (κ1) is 15.0. The normalized spacial score (nSPS) is 11.8. The standard InChI is InChI=1S/C14H20N2O3/c1-9(13(18)15-3)8-16(4)14(19)11-6-5-7-12(17)10(11)2/h5-7,9,17H,8H2,1-4H3,(H,15,18). The summed E-state index contributed by atoms with van der Waals surface area (Å²) in [6.45, 7) is 3.78. The number of rotatable bonds is 4. The van der Waals surface area contributed by atoms with Crippen LogP contribution in [0.2, 0.25) is 0 Å². The molecule has 0 aliphatic heterocycles. The highest BCUT2D eigenvalue weighted by molar-refractivity contribution is 5.96. The summed E-state index contributed by atoms with van der Waals surface area (Å²) in [5, 5.41) is 12.2. The van der Waals surface area contributed by atoms with Gasteiger partial charge in [-0.25, -0.2) is 0 Å². The highest BCUT2D eigenvalue weighted by atomic mass is 16.3. The Bertz CT molecular complexity index is 486. The Morgan fingerprint density at radius 1 is 1.42 bits per heavy atom. The molecule has 2 amide bonds. The van der Waals surface area contributed by atoms with Crippen LogP contribution in [0, 0.1) is 12.8 Å². The minimum Gasteiger partial charge on any atom is -0.508 e. The second-order valence-electron chi connectivity index (χ2n) is 4.65. The third-order valence-corrected chi connectivity index (χ3v) is 3.12. The number of carbonyl (C=O) groups is 2. The molecule has 0 saturated heterocycles. The van der Waals surface area contributed by atoms with Crippen LogP contribution in [0.1, 0.15) is 22.8 Å². The van der Waals surface area contributed by atoms with Crippen molar-refractivity contribution in [3.05, 3.63) is 29.3 Å². The molecule has 2 N–H and O–H groups in total. The van der Waals surface area contributed by atoms with Crippen molar-refractivity contribution in [3.63, 3.8) is 0 Å². The van der Waals surface area contributed by atoms with E-state index < -0.39 is 0 Å². The van der Waals surface area contributed by atoms with Gasteiger partial charge in [0.2, 0.25) is 5.91 Å². The smallest absolute Gasteiger partial charge is 0.254 e. The van der Waals surface area contributed by atoms with E-state index in [9.17, 15) is 14.7 Å². The van der Waals surface area contributed by atoms with Gasteiger partial charge < -0.3 is 15.3 Å². The Hall–Kier alpha value is -2.04. The molecule has 1 rings (SSSR count). The highest BCUT2D eigenvalue weighted by Gasteiger charge is 2.20. The van der Waals surface area contributed by atoms with E-state index >= 15 is 0 Å². The second kappa shape index (κ2) is 6.22. The van der Waals surface area contributed by atoms with Crippen LogP contribution in [0.4, 0.5) is 0 Å². The zero-order valence-corrected chi connectivity index (χ0v) is 11.7. The minimum absolute atomic E-state index is 0.0959. The van der Waals surface area contributed by atoms with Gasteiger partial charge in [0, 0.05) is 31.8 Å². The van der Waals surface area contributed by atoms with Crippen LogP contribution in [0.25, 0.3) is 0 Å². The molecule has 0 aromatic heterocycles. The molecule has 0 spiro atoms. The molecule has 19 heavy (non-hydrogen) atoms. The molecule has 0 heterocycles. The summed E-state index contributed by atoms with van der Waals surface area (Å²) < 4.78 is 0. The number of aromatic hydroxyl groups is 1. The van der Waals surface area contributed by atoms with Gasteiger partial charge in [-0.05, 0) is 19.1 Å². The van der Waals surface area contributed by atoms with Crippen molar-refractivity contribution in [1.82, 2.24) is 10.2 Å². The van der Waals surface area contributed by atoms with Crippen LogP contribution >= 0.6 is 0 Å². The molecule has 0 aliphatic rings. The summed E-state index contributed by atoms with van der Waals surface area (Å²) in [6.07, 6.45) is 0. The van der Waals surface area contributed by atoms with E-state index in [1.165, 1.54) is 4.90 Å². The monoisotopic (exact) mass is 264 g/mol. The molecular formula is C14H20N2O3. The van der Waals surface area contributed by atoms with E-state index in [4.69, 9.17) is 0 Å². The van der Waals surface area contributed by atoms with Crippen molar-refractivity contribution >= 4 is 11.8 Å². The van der Waals surface area contributed by atoms with E-state index in [1.54, 1.807) is 46.1 Å². The molecule has 0 radical (unpaired) electrons. The first-order chi connectivity index (χ1) is 8.88. The van der Waals surface area contributed by atoms with Gasteiger partial charge in [-0.2, -0.15) is 0 Å². The predicted octanol–water partition coefficient (Wildman–Crippen LogP) is 1.15. The molecule has 0 aliphatic carbocycles. The Balaban J connectivity index is 2.83. The molecular weight excluding hydrogens is 244 g/mol. The zero-order chi connectivity index (χ0) is 14.6. The lowest BCUT2D eigenvalue weighted by Gasteiger charge is -2.21. The van der Waals surface area contributed by atoms with Gasteiger partial charge in [-0.3, -0.25) is 9.59 Å². The lowest BCUT2D eigenvalue weighted by Crippen LogP contribution is -2.37. The van der Waals surface area contributed by atoms with Crippen LogP contribution in [-0.4, -0.2) is 42.5 Å². The third-order valence-electron chi connectivity index (χ3n) is 3.12. The van der Waals surface area contributed by atoms with Gasteiger partial charge in [-0.1, -0.05) is 13.0 Å². The molecule has 1 atom stereocenters. The van der Waals surface area contributed by atoms with Gasteiger partial charge in [-0.15, -0.1) is 0 Å². The van der Waals surface area contributed by atoms with Crippen molar-refractivity contribution in [2.45, 2.75) is 13.8 Å². The molecule has 0 saturated carbocycles. The Morgan fingerprint density at radius 2 is 2.05 bits per heavy atom. The fourth-order valence-electron chi connectivity index (χ4n) is 1.88. The van der Waals surface area contributed by atoms with Crippen molar-refractivity contribution in [2.24, 2.45) is 5.92 Å². The third kappa shape index (κ3) is 3.47. The average Bonchev–Trinajstić information content (AvgIpc) is 2.39. The predicted molar refractivity (Wildman–Crippen MR) is 73.0 cm³/mol. The molecule has 104 valence electrons. The maximum Gasteiger partial charge on any atom is 0.254 e. The SMILES string of the molecule is CNC(=O)C(C)CN(C)C(=O)c1cccc(O)c1C. The molecule has 1 unspecified atom stereocenters. The molecule has 5 heteroatoms. The molecule has 0 bridgehead atoms. The number of phenols is 1. The van der Waals surface area contributed by atoms with Gasteiger partial charge in [0.25, 0.3) is 5.91 Å². The first-order valence-corrected chi connectivity index (χ1v) is 6.14. The van der Waals surface area contributed by atoms with Crippen LogP contribution in [-0.2, 0) is 4.79 Å². The van der Waals surface area contributed by atoms with E-state index in [0.717, 1.165) is 0 Å². The highest BCUT2D eigenvalue weighted by Crippen LogP contribution is 2.20. The maximum absolute atomic E-state index is 12.2. The number of nitrogens with zero attached hydrogens (tertiary/aromatic N) is 1. The Morgan fingerprint density at radius 3 is 2.63 bits per heavy atom. The van der Waals surface area contributed by atoms with E-state index in [2.05, 4.69) is 5.32 Å². The van der Waals surface area contributed by atoms with Crippen LogP contribution < -0.4 is 5.32 Å². The number of benzene rings is 1. The molecule has 0 fully saturated rings. The summed E-state index contributed by atoms with van der Waals surface area (Å²) in [5.74, 6) is -0.494. The van der Waals surface area contributed by atoms with Gasteiger partial charge in [0.1, 0.15) is 5.75 Å². The fourth-order valence-corrected chi connectivity index (χ4v) is 1.88. The van der Waals surface area contributed by atoms with E-state index in [0.29, 0.717) is 17.7 Å². The number of carbonyl (C=O) groups excluding carboxylic acids is 2. The van der Waals surface area contributed by atoms with E-state index in [-0.39, 0.29) is 23.5 Å². The quantitative estimate of drug-likeness (QED) is 0.857. The second-order valence-corrected chi connectivity index (χ2v) is 4.65. The van der Waals surface area contributed by atoms with Crippen LogP contribution in [0.3, 0.4) is 0 Å². The number of hydrogen-bond acceptors (Lipinski definition) is 3. The Labute approximate surface area is 113 Å². The summed E-state index contributed by atoms with van der Waals surface area (Å²) in [5.41, 5.74) is 0.999. The van der Waals surface area contributed by atoms with Crippen molar-refractivity contribution in [3.8, 4) is 5.75 Å². The summed E-state index contributed by atoms with van der Waals surface area (Å²) in [6, 6.07) is 4.84. The lowest BCUT2D eigenvalue weighted by atomic mass is 10.1. The Kier molecular flexibility index (Phi) is 4.92. The van der Waals surface area contributed by atoms with E-state index in [1.807, 2.05) is 0 Å². The van der Waals surface area contributed by atoms with Crippen molar-refractivity contribution in [1.29, 1.82) is 0 Å². The largest absolute Gasteiger partial charge is 0.508 e. The number of amides is 2. The lowest BCUT2D eigenvalue weighted by molar-refractivity contribution is -0.124. The molecule has 1 aromatic rings. The van der Waals surface area contributed by atoms with Crippen LogP contribution in [0.15, 0.2) is 18.2 Å². The topological polar surface area (TPSA) is 69.6 Å². The minimum atomic E-state index is -0.281. The van der Waals surface area contributed by atoms with Crippen molar-refractivity contribution < 1.29 is 14.7 Å².